The molecular formula is C40H48BrIN2O2S2. The summed E-state index contributed by atoms with van der Waals surface area (Å²) in [6.45, 7) is 6.71. The number of hydrogen-bond donors (Lipinski definition) is 0. The molecular weight excluding hydrogens is 811 g/mol. The van der Waals surface area contributed by atoms with Crippen molar-refractivity contribution in [3.05, 3.63) is 93.0 Å². The molecule has 256 valence electrons. The highest BCUT2D eigenvalue weighted by atomic mass is 127. The predicted molar refractivity (Wildman–Crippen MR) is 221 cm³/mol. The molecule has 0 saturated heterocycles. The largest absolute Gasteiger partial charge is 0.496 e. The van der Waals surface area contributed by atoms with Gasteiger partial charge in [-0.25, -0.2) is 0 Å². The number of nitrogens with zero attached hydrogens (tertiary/aromatic N) is 2. The maximum Gasteiger partial charge on any atom is 0.134 e. The van der Waals surface area contributed by atoms with Gasteiger partial charge in [-0.2, -0.15) is 0 Å². The summed E-state index contributed by atoms with van der Waals surface area (Å²) in [4.78, 5) is 7.60. The number of benzene rings is 4. The molecule has 6 rings (SSSR count). The minimum Gasteiger partial charge on any atom is -0.496 e. The average molecular weight is 860 g/mol. The number of halogens is 2. The number of unbranched alkanes of at least 4 members (excludes halogenated alkanes) is 2. The van der Waals surface area contributed by atoms with E-state index in [4.69, 9.17) is 9.47 Å². The lowest BCUT2D eigenvalue weighted by atomic mass is 10.0. The molecule has 0 aliphatic carbocycles. The second kappa shape index (κ2) is 18.8. The van der Waals surface area contributed by atoms with E-state index in [2.05, 4.69) is 147 Å². The quantitative estimate of drug-likeness (QED) is 0.147. The van der Waals surface area contributed by atoms with Crippen LogP contribution >= 0.6 is 62.0 Å². The van der Waals surface area contributed by atoms with Crippen LogP contribution in [0.5, 0.6) is 11.5 Å². The number of hydrogen-bond acceptors (Lipinski definition) is 6. The molecule has 4 aromatic carbocycles. The van der Waals surface area contributed by atoms with Crippen molar-refractivity contribution in [1.29, 1.82) is 0 Å². The van der Waals surface area contributed by atoms with Crippen molar-refractivity contribution in [2.45, 2.75) is 62.2 Å². The molecule has 0 fully saturated rings. The summed E-state index contributed by atoms with van der Waals surface area (Å²) in [6, 6.07) is 30.4. The summed E-state index contributed by atoms with van der Waals surface area (Å²) in [6.07, 6.45) is 7.74. The van der Waals surface area contributed by atoms with E-state index in [-0.39, 0.29) is 0 Å². The minimum atomic E-state index is 0.701. The van der Waals surface area contributed by atoms with Crippen LogP contribution in [0.25, 0.3) is 0 Å². The second-order valence-electron chi connectivity index (χ2n) is 12.4. The zero-order chi connectivity index (χ0) is 33.9. The van der Waals surface area contributed by atoms with Crippen molar-refractivity contribution in [3.8, 4) is 11.5 Å². The zero-order valence-electron chi connectivity index (χ0n) is 28.6. The third-order valence-corrected chi connectivity index (χ3v) is 13.0. The SMILES string of the molecule is CCCCC1CSc2cc(OC)c(Br)cc2N(c2ccccc2)C1.CCCCC1CSc2cc(OC)c(I)cc2N(c2ccccc2)C1. The molecule has 2 unspecified atom stereocenters. The van der Waals surface area contributed by atoms with Crippen molar-refractivity contribution in [3.63, 3.8) is 0 Å². The van der Waals surface area contributed by atoms with Crippen LogP contribution in [0.1, 0.15) is 52.4 Å². The van der Waals surface area contributed by atoms with E-state index in [1.807, 2.05) is 23.5 Å². The molecule has 0 bridgehead atoms. The maximum atomic E-state index is 5.55. The molecule has 2 heterocycles. The topological polar surface area (TPSA) is 24.9 Å². The van der Waals surface area contributed by atoms with Crippen LogP contribution in [-0.4, -0.2) is 38.8 Å². The van der Waals surface area contributed by atoms with Gasteiger partial charge >= 0.3 is 0 Å². The van der Waals surface area contributed by atoms with Crippen LogP contribution in [0.4, 0.5) is 22.7 Å². The first-order valence-corrected chi connectivity index (χ1v) is 21.0. The third kappa shape index (κ3) is 9.61. The Morgan fingerprint density at radius 1 is 0.688 bits per heavy atom. The summed E-state index contributed by atoms with van der Waals surface area (Å²) in [5, 5.41) is 0. The van der Waals surface area contributed by atoms with Gasteiger partial charge in [-0.1, -0.05) is 75.9 Å². The number of ether oxygens (including phenoxy) is 2. The minimum absolute atomic E-state index is 0.701. The van der Waals surface area contributed by atoms with E-state index >= 15 is 0 Å². The Hall–Kier alpha value is -2.01. The van der Waals surface area contributed by atoms with Crippen LogP contribution in [-0.2, 0) is 0 Å². The number of para-hydroxylation sites is 2. The Labute approximate surface area is 319 Å². The number of fused-ring (bicyclic) bond motifs is 2. The highest BCUT2D eigenvalue weighted by molar-refractivity contribution is 14.1. The lowest BCUT2D eigenvalue weighted by Crippen LogP contribution is -2.25. The van der Waals surface area contributed by atoms with Gasteiger partial charge in [0, 0.05) is 45.8 Å². The van der Waals surface area contributed by atoms with Gasteiger partial charge in [-0.15, -0.1) is 23.5 Å². The Kier molecular flexibility index (Phi) is 14.6. The molecule has 0 N–H and O–H groups in total. The lowest BCUT2D eigenvalue weighted by molar-refractivity contribution is 0.410. The van der Waals surface area contributed by atoms with Crippen LogP contribution in [0.15, 0.2) is 99.2 Å². The first-order chi connectivity index (χ1) is 23.4. The fourth-order valence-corrected chi connectivity index (χ4v) is 9.84. The average Bonchev–Trinajstić information content (AvgIpc) is 3.41. The number of thioether (sulfide) groups is 2. The van der Waals surface area contributed by atoms with Crippen LogP contribution < -0.4 is 19.3 Å². The molecule has 2 aliphatic rings. The summed E-state index contributed by atoms with van der Waals surface area (Å²) >= 11 is 9.97. The molecule has 2 atom stereocenters. The molecule has 0 radical (unpaired) electrons. The second-order valence-corrected chi connectivity index (χ2v) is 16.6. The van der Waals surface area contributed by atoms with Gasteiger partial charge < -0.3 is 19.3 Å². The van der Waals surface area contributed by atoms with Crippen molar-refractivity contribution in [1.82, 2.24) is 0 Å². The fraction of sp³-hybridized carbons (Fsp3) is 0.400. The molecule has 4 nitrogen and oxygen atoms in total. The molecule has 0 saturated carbocycles. The van der Waals surface area contributed by atoms with Gasteiger partial charge in [0.25, 0.3) is 0 Å². The molecule has 4 aromatic rings. The highest BCUT2D eigenvalue weighted by Gasteiger charge is 2.26. The van der Waals surface area contributed by atoms with Crippen molar-refractivity contribution < 1.29 is 9.47 Å². The Morgan fingerprint density at radius 3 is 1.60 bits per heavy atom. The van der Waals surface area contributed by atoms with Crippen LogP contribution in [0.3, 0.4) is 0 Å². The summed E-state index contributed by atoms with van der Waals surface area (Å²) in [5.41, 5.74) is 5.14. The molecule has 48 heavy (non-hydrogen) atoms. The molecule has 0 amide bonds. The van der Waals surface area contributed by atoms with E-state index in [0.717, 1.165) is 29.1 Å². The van der Waals surface area contributed by atoms with Crippen molar-refractivity contribution in [2.75, 3.05) is 48.6 Å². The zero-order valence-corrected chi connectivity index (χ0v) is 34.0. The first-order valence-electron chi connectivity index (χ1n) is 17.1. The number of anilines is 4. The molecule has 0 spiro atoms. The molecule has 8 heteroatoms. The smallest absolute Gasteiger partial charge is 0.134 e. The van der Waals surface area contributed by atoms with Crippen LogP contribution in [0, 0.1) is 15.4 Å². The summed E-state index contributed by atoms with van der Waals surface area (Å²) < 4.78 is 13.2. The summed E-state index contributed by atoms with van der Waals surface area (Å²) in [5.74, 6) is 5.64. The van der Waals surface area contributed by atoms with E-state index in [0.29, 0.717) is 11.8 Å². The van der Waals surface area contributed by atoms with Gasteiger partial charge in [0.05, 0.1) is 33.6 Å². The van der Waals surface area contributed by atoms with Gasteiger partial charge in [0.1, 0.15) is 11.5 Å². The monoisotopic (exact) mass is 858 g/mol. The standard InChI is InChI=1S/C20H24BrNOS.C20H24INOS/c2*1-3-4-8-15-13-22(16-9-6-5-7-10-16)18-11-17(21)19(23-2)12-20(18)24-14-15/h2*5-7,9-12,15H,3-4,8,13-14H2,1-2H3. The number of rotatable bonds is 10. The van der Waals surface area contributed by atoms with E-state index in [9.17, 15) is 0 Å². The third-order valence-electron chi connectivity index (χ3n) is 8.95. The normalized spacial score (nSPS) is 17.3. The Balaban J connectivity index is 0.000000188. The Morgan fingerprint density at radius 2 is 1.15 bits per heavy atom. The van der Waals surface area contributed by atoms with Gasteiger partial charge in [-0.05, 0) is 112 Å². The van der Waals surface area contributed by atoms with E-state index in [1.54, 1.807) is 14.2 Å². The lowest BCUT2D eigenvalue weighted by Gasteiger charge is -2.28. The highest BCUT2D eigenvalue weighted by Crippen LogP contribution is 2.45. The Bertz CT molecular complexity index is 1470. The van der Waals surface area contributed by atoms with E-state index in [1.165, 1.54) is 86.1 Å². The maximum absolute atomic E-state index is 5.55. The van der Waals surface area contributed by atoms with Gasteiger partial charge in [-0.3, -0.25) is 0 Å². The predicted octanol–water partition coefficient (Wildman–Crippen LogP) is 12.9. The fourth-order valence-electron chi connectivity index (χ4n) is 6.29. The molecule has 0 aromatic heterocycles. The van der Waals surface area contributed by atoms with Gasteiger partial charge in [0.15, 0.2) is 0 Å². The summed E-state index contributed by atoms with van der Waals surface area (Å²) in [7, 11) is 3.48. The number of methoxy groups -OCH3 is 2. The van der Waals surface area contributed by atoms with Crippen molar-refractivity contribution >= 4 is 84.8 Å². The van der Waals surface area contributed by atoms with Gasteiger partial charge in [0.2, 0.25) is 0 Å². The van der Waals surface area contributed by atoms with E-state index < -0.39 is 0 Å². The molecule has 2 aliphatic heterocycles. The van der Waals surface area contributed by atoms with Crippen LogP contribution in [0.2, 0.25) is 0 Å². The first kappa shape index (κ1) is 37.3. The van der Waals surface area contributed by atoms with Crippen molar-refractivity contribution in [2.24, 2.45) is 11.8 Å².